The number of carbonyl (C=O) groups is 2. The van der Waals surface area contributed by atoms with Gasteiger partial charge in [0.15, 0.2) is 0 Å². The maximum atomic E-state index is 12.5. The molecular formula is C19H18ClNO4. The van der Waals surface area contributed by atoms with Gasteiger partial charge < -0.3 is 15.2 Å². The molecule has 0 fully saturated rings. The van der Waals surface area contributed by atoms with E-state index in [0.717, 1.165) is 11.1 Å². The number of nitrogens with one attached hydrogen (secondary N) is 1. The van der Waals surface area contributed by atoms with E-state index < -0.39 is 17.9 Å². The molecule has 5 nitrogen and oxygen atoms in total. The number of benzene rings is 2. The lowest BCUT2D eigenvalue weighted by Crippen LogP contribution is -2.47. The van der Waals surface area contributed by atoms with E-state index in [9.17, 15) is 14.7 Å². The van der Waals surface area contributed by atoms with Crippen molar-refractivity contribution in [2.45, 2.75) is 18.9 Å². The number of rotatable bonds is 5. The Bertz CT molecular complexity index is 778. The molecule has 0 saturated carbocycles. The minimum Gasteiger partial charge on any atom is -0.492 e. The zero-order valence-corrected chi connectivity index (χ0v) is 14.2. The summed E-state index contributed by atoms with van der Waals surface area (Å²) in [6, 6.07) is 13.5. The SMILES string of the molecule is O=C(NC(Cc1ccccc1)C(=O)O)C1COc2ccc(Cl)cc2C1. The molecule has 1 aliphatic heterocycles. The van der Waals surface area contributed by atoms with E-state index in [-0.39, 0.29) is 18.9 Å². The van der Waals surface area contributed by atoms with Crippen LogP contribution in [0.3, 0.4) is 0 Å². The van der Waals surface area contributed by atoms with Gasteiger partial charge in [-0.05, 0) is 35.7 Å². The van der Waals surface area contributed by atoms with Crippen LogP contribution in [0.4, 0.5) is 0 Å². The molecule has 0 bridgehead atoms. The van der Waals surface area contributed by atoms with Crippen LogP contribution in [0.15, 0.2) is 48.5 Å². The fourth-order valence-electron chi connectivity index (χ4n) is 2.87. The fraction of sp³-hybridized carbons (Fsp3) is 0.263. The second kappa shape index (κ2) is 7.57. The molecule has 0 saturated heterocycles. The van der Waals surface area contributed by atoms with Crippen molar-refractivity contribution in [3.8, 4) is 5.75 Å². The molecule has 2 aromatic rings. The van der Waals surface area contributed by atoms with Gasteiger partial charge in [-0.3, -0.25) is 4.79 Å². The molecule has 1 aliphatic rings. The highest BCUT2D eigenvalue weighted by Crippen LogP contribution is 2.29. The zero-order chi connectivity index (χ0) is 17.8. The Hall–Kier alpha value is -2.53. The van der Waals surface area contributed by atoms with Gasteiger partial charge in [-0.1, -0.05) is 41.9 Å². The van der Waals surface area contributed by atoms with Gasteiger partial charge in [0.1, 0.15) is 18.4 Å². The van der Waals surface area contributed by atoms with E-state index in [1.54, 1.807) is 18.2 Å². The predicted octanol–water partition coefficient (Wildman–Crippen LogP) is 2.70. The Labute approximate surface area is 150 Å². The number of halogens is 1. The van der Waals surface area contributed by atoms with Crippen LogP contribution in [0.2, 0.25) is 5.02 Å². The van der Waals surface area contributed by atoms with Gasteiger partial charge in [-0.15, -0.1) is 0 Å². The summed E-state index contributed by atoms with van der Waals surface area (Å²) in [6.07, 6.45) is 0.706. The van der Waals surface area contributed by atoms with Crippen LogP contribution in [0.25, 0.3) is 0 Å². The molecule has 3 rings (SSSR count). The van der Waals surface area contributed by atoms with E-state index in [1.165, 1.54) is 0 Å². The minimum atomic E-state index is -1.06. The molecule has 1 amide bonds. The third-order valence-corrected chi connectivity index (χ3v) is 4.43. The van der Waals surface area contributed by atoms with Gasteiger partial charge in [0.2, 0.25) is 5.91 Å². The molecule has 0 aromatic heterocycles. The lowest BCUT2D eigenvalue weighted by Gasteiger charge is -2.26. The number of carboxylic acids is 1. The lowest BCUT2D eigenvalue weighted by molar-refractivity contribution is -0.142. The summed E-state index contributed by atoms with van der Waals surface area (Å²) in [6.45, 7) is 0.220. The van der Waals surface area contributed by atoms with Crippen molar-refractivity contribution in [3.63, 3.8) is 0 Å². The van der Waals surface area contributed by atoms with Crippen LogP contribution < -0.4 is 10.1 Å². The van der Waals surface area contributed by atoms with Crippen LogP contribution >= 0.6 is 11.6 Å². The molecule has 25 heavy (non-hydrogen) atoms. The van der Waals surface area contributed by atoms with E-state index in [0.29, 0.717) is 17.2 Å². The standard InChI is InChI=1S/C19H18ClNO4/c20-15-6-7-17-13(10-15)9-14(11-25-17)18(22)21-16(19(23)24)8-12-4-2-1-3-5-12/h1-7,10,14,16H,8-9,11H2,(H,21,22)(H,23,24). The maximum absolute atomic E-state index is 12.5. The first-order valence-electron chi connectivity index (χ1n) is 8.01. The molecular weight excluding hydrogens is 342 g/mol. The molecule has 6 heteroatoms. The molecule has 0 radical (unpaired) electrons. The molecule has 1 heterocycles. The van der Waals surface area contributed by atoms with Crippen LogP contribution in [-0.2, 0) is 22.4 Å². The Morgan fingerprint density at radius 3 is 2.72 bits per heavy atom. The van der Waals surface area contributed by atoms with E-state index in [2.05, 4.69) is 5.32 Å². The normalized spacial score (nSPS) is 17.1. The number of aliphatic carboxylic acids is 1. The second-order valence-electron chi connectivity index (χ2n) is 6.05. The highest BCUT2D eigenvalue weighted by atomic mass is 35.5. The molecule has 2 unspecified atom stereocenters. The topological polar surface area (TPSA) is 75.6 Å². The predicted molar refractivity (Wildman–Crippen MR) is 93.9 cm³/mol. The summed E-state index contributed by atoms with van der Waals surface area (Å²) in [5.74, 6) is -1.11. The zero-order valence-electron chi connectivity index (χ0n) is 13.4. The number of amides is 1. The van der Waals surface area contributed by atoms with Crippen LogP contribution in [0.5, 0.6) is 5.75 Å². The Kier molecular flexibility index (Phi) is 5.24. The Balaban J connectivity index is 1.67. The van der Waals surface area contributed by atoms with Crippen molar-refractivity contribution in [1.29, 1.82) is 0 Å². The van der Waals surface area contributed by atoms with Crippen molar-refractivity contribution in [2.75, 3.05) is 6.61 Å². The first kappa shape index (κ1) is 17.3. The van der Waals surface area contributed by atoms with E-state index in [4.69, 9.17) is 16.3 Å². The van der Waals surface area contributed by atoms with Crippen molar-refractivity contribution in [3.05, 3.63) is 64.7 Å². The van der Waals surface area contributed by atoms with E-state index >= 15 is 0 Å². The smallest absolute Gasteiger partial charge is 0.326 e. The van der Waals surface area contributed by atoms with Crippen molar-refractivity contribution < 1.29 is 19.4 Å². The van der Waals surface area contributed by atoms with Crippen molar-refractivity contribution in [2.24, 2.45) is 5.92 Å². The molecule has 130 valence electrons. The largest absolute Gasteiger partial charge is 0.492 e. The molecule has 0 spiro atoms. The maximum Gasteiger partial charge on any atom is 0.326 e. The average molecular weight is 360 g/mol. The summed E-state index contributed by atoms with van der Waals surface area (Å²) >= 11 is 5.99. The van der Waals surface area contributed by atoms with Gasteiger partial charge >= 0.3 is 5.97 Å². The average Bonchev–Trinajstić information content (AvgIpc) is 2.61. The van der Waals surface area contributed by atoms with Crippen molar-refractivity contribution >= 4 is 23.5 Å². The van der Waals surface area contributed by atoms with Gasteiger partial charge in [0, 0.05) is 11.4 Å². The minimum absolute atomic E-state index is 0.220. The highest BCUT2D eigenvalue weighted by molar-refractivity contribution is 6.30. The van der Waals surface area contributed by atoms with E-state index in [1.807, 2.05) is 30.3 Å². The third-order valence-electron chi connectivity index (χ3n) is 4.20. The fourth-order valence-corrected chi connectivity index (χ4v) is 3.07. The summed E-state index contributed by atoms with van der Waals surface area (Å²) in [5, 5.41) is 12.6. The first-order chi connectivity index (χ1) is 12.0. The van der Waals surface area contributed by atoms with Crippen LogP contribution in [0.1, 0.15) is 11.1 Å². The quantitative estimate of drug-likeness (QED) is 0.860. The second-order valence-corrected chi connectivity index (χ2v) is 6.49. The summed E-state index contributed by atoms with van der Waals surface area (Å²) < 4.78 is 5.61. The number of carboxylic acid groups (broad SMARTS) is 1. The lowest BCUT2D eigenvalue weighted by atomic mass is 9.95. The summed E-state index contributed by atoms with van der Waals surface area (Å²) in [5.41, 5.74) is 1.71. The number of carbonyl (C=O) groups excluding carboxylic acids is 1. The molecule has 2 N–H and O–H groups in total. The van der Waals surface area contributed by atoms with Gasteiger partial charge in [0.05, 0.1) is 5.92 Å². The molecule has 0 aliphatic carbocycles. The number of hydrogen-bond donors (Lipinski definition) is 2. The monoisotopic (exact) mass is 359 g/mol. The number of fused-ring (bicyclic) bond motifs is 1. The summed E-state index contributed by atoms with van der Waals surface area (Å²) in [4.78, 5) is 24.0. The van der Waals surface area contributed by atoms with Gasteiger partial charge in [-0.25, -0.2) is 4.79 Å². The Morgan fingerprint density at radius 1 is 1.24 bits per heavy atom. The number of ether oxygens (including phenoxy) is 1. The van der Waals surface area contributed by atoms with Crippen molar-refractivity contribution in [1.82, 2.24) is 5.32 Å². The van der Waals surface area contributed by atoms with Gasteiger partial charge in [0.25, 0.3) is 0 Å². The first-order valence-corrected chi connectivity index (χ1v) is 8.39. The highest BCUT2D eigenvalue weighted by Gasteiger charge is 2.29. The molecule has 2 atom stereocenters. The van der Waals surface area contributed by atoms with Crippen LogP contribution in [-0.4, -0.2) is 29.6 Å². The number of hydrogen-bond acceptors (Lipinski definition) is 3. The molecule has 2 aromatic carbocycles. The Morgan fingerprint density at radius 2 is 2.00 bits per heavy atom. The van der Waals surface area contributed by atoms with Gasteiger partial charge in [-0.2, -0.15) is 0 Å². The summed E-state index contributed by atoms with van der Waals surface area (Å²) in [7, 11) is 0. The van der Waals surface area contributed by atoms with Crippen LogP contribution in [0, 0.1) is 5.92 Å². The third kappa shape index (κ3) is 4.31.